The summed E-state index contributed by atoms with van der Waals surface area (Å²) in [7, 11) is 0. The second kappa shape index (κ2) is 8.89. The first-order valence-corrected chi connectivity index (χ1v) is 9.82. The van der Waals surface area contributed by atoms with Crippen molar-refractivity contribution in [1.82, 2.24) is 10.3 Å². The minimum absolute atomic E-state index is 0.146. The van der Waals surface area contributed by atoms with E-state index in [1.54, 1.807) is 0 Å². The lowest BCUT2D eigenvalue weighted by Gasteiger charge is -2.33. The summed E-state index contributed by atoms with van der Waals surface area (Å²) in [5, 5.41) is 7.37. The van der Waals surface area contributed by atoms with Crippen molar-refractivity contribution in [2.24, 2.45) is 0 Å². The lowest BCUT2D eigenvalue weighted by Crippen LogP contribution is -2.42. The zero-order valence-electron chi connectivity index (χ0n) is 13.9. The van der Waals surface area contributed by atoms with Crippen LogP contribution in [0, 0.1) is 6.92 Å². The van der Waals surface area contributed by atoms with Gasteiger partial charge in [-0.1, -0.05) is 64.7 Å². The van der Waals surface area contributed by atoms with E-state index >= 15 is 0 Å². The molecule has 3 heteroatoms. The Labute approximate surface area is 134 Å². The molecule has 0 atom stereocenters. The molecule has 0 aromatic carbocycles. The van der Waals surface area contributed by atoms with Gasteiger partial charge in [-0.25, -0.2) is 4.98 Å². The summed E-state index contributed by atoms with van der Waals surface area (Å²) in [4.78, 5) is 4.85. The summed E-state index contributed by atoms with van der Waals surface area (Å²) < 4.78 is 0. The molecule has 1 N–H and O–H groups in total. The van der Waals surface area contributed by atoms with E-state index in [9.17, 15) is 0 Å². The Morgan fingerprint density at radius 2 is 1.52 bits per heavy atom. The molecule has 1 aliphatic rings. The highest BCUT2D eigenvalue weighted by molar-refractivity contribution is 7.09. The molecule has 1 heterocycles. The van der Waals surface area contributed by atoms with Crippen LogP contribution in [0.4, 0.5) is 0 Å². The average molecular weight is 309 g/mol. The van der Waals surface area contributed by atoms with Crippen molar-refractivity contribution in [3.63, 3.8) is 0 Å². The third kappa shape index (κ3) is 5.07. The molecule has 0 saturated heterocycles. The minimum Gasteiger partial charge on any atom is -0.306 e. The third-order valence-corrected chi connectivity index (χ3v) is 5.91. The van der Waals surface area contributed by atoms with Gasteiger partial charge in [0.1, 0.15) is 5.01 Å². The second-order valence-electron chi connectivity index (χ2n) is 6.59. The molecule has 1 saturated carbocycles. The molecular formula is C18H32N2S. The van der Waals surface area contributed by atoms with Gasteiger partial charge >= 0.3 is 0 Å². The van der Waals surface area contributed by atoms with Gasteiger partial charge in [0, 0.05) is 11.1 Å². The summed E-state index contributed by atoms with van der Waals surface area (Å²) >= 11 is 1.86. The van der Waals surface area contributed by atoms with Crippen molar-refractivity contribution < 1.29 is 0 Å². The van der Waals surface area contributed by atoms with E-state index in [0.717, 1.165) is 6.54 Å². The zero-order valence-corrected chi connectivity index (χ0v) is 14.7. The van der Waals surface area contributed by atoms with Crippen molar-refractivity contribution in [3.05, 3.63) is 16.1 Å². The fourth-order valence-corrected chi connectivity index (χ4v) is 4.63. The maximum atomic E-state index is 4.85. The highest BCUT2D eigenvalue weighted by atomic mass is 32.1. The van der Waals surface area contributed by atoms with Crippen LogP contribution >= 0.6 is 11.3 Å². The average Bonchev–Trinajstić information content (AvgIpc) is 2.89. The molecule has 1 aromatic heterocycles. The topological polar surface area (TPSA) is 24.9 Å². The molecule has 2 rings (SSSR count). The zero-order chi connectivity index (χ0) is 15.0. The fourth-order valence-electron chi connectivity index (χ4n) is 3.59. The number of hydrogen-bond donors (Lipinski definition) is 1. The van der Waals surface area contributed by atoms with E-state index in [4.69, 9.17) is 4.98 Å². The number of aromatic nitrogens is 1. The van der Waals surface area contributed by atoms with Gasteiger partial charge in [-0.3, -0.25) is 0 Å². The van der Waals surface area contributed by atoms with Gasteiger partial charge < -0.3 is 5.32 Å². The summed E-state index contributed by atoms with van der Waals surface area (Å²) in [5.41, 5.74) is 1.32. The number of hydrogen-bond acceptors (Lipinski definition) is 3. The van der Waals surface area contributed by atoms with E-state index in [2.05, 4.69) is 24.5 Å². The number of nitrogens with one attached hydrogen (secondary N) is 1. The van der Waals surface area contributed by atoms with Crippen molar-refractivity contribution in [2.75, 3.05) is 6.54 Å². The Hall–Kier alpha value is -0.410. The van der Waals surface area contributed by atoms with E-state index in [0.29, 0.717) is 0 Å². The molecular weight excluding hydrogens is 276 g/mol. The Morgan fingerprint density at radius 3 is 1.95 bits per heavy atom. The van der Waals surface area contributed by atoms with Crippen molar-refractivity contribution in [1.29, 1.82) is 0 Å². The van der Waals surface area contributed by atoms with Crippen LogP contribution in [0.1, 0.15) is 88.3 Å². The largest absolute Gasteiger partial charge is 0.306 e. The third-order valence-electron chi connectivity index (χ3n) is 4.75. The highest BCUT2D eigenvalue weighted by Gasteiger charge is 2.33. The van der Waals surface area contributed by atoms with E-state index in [-0.39, 0.29) is 5.54 Å². The van der Waals surface area contributed by atoms with Crippen LogP contribution in [0.3, 0.4) is 0 Å². The molecule has 120 valence electrons. The first kappa shape index (κ1) is 17.0. The minimum atomic E-state index is 0.146. The lowest BCUT2D eigenvalue weighted by atomic mass is 9.86. The van der Waals surface area contributed by atoms with E-state index < -0.39 is 0 Å². The predicted octanol–water partition coefficient (Wildman–Crippen LogP) is 5.56. The summed E-state index contributed by atoms with van der Waals surface area (Å²) in [6, 6.07) is 0. The van der Waals surface area contributed by atoms with Gasteiger partial charge in [-0.05, 0) is 26.3 Å². The number of rotatable bonds is 3. The van der Waals surface area contributed by atoms with Crippen LogP contribution < -0.4 is 5.32 Å². The van der Waals surface area contributed by atoms with Crippen molar-refractivity contribution >= 4 is 11.3 Å². The maximum Gasteiger partial charge on any atom is 0.113 e. The van der Waals surface area contributed by atoms with Crippen LogP contribution in [-0.2, 0) is 5.54 Å². The summed E-state index contributed by atoms with van der Waals surface area (Å²) in [6.45, 7) is 5.39. The molecule has 0 aliphatic heterocycles. The lowest BCUT2D eigenvalue weighted by molar-refractivity contribution is 0.267. The molecule has 0 bridgehead atoms. The molecule has 0 unspecified atom stereocenters. The van der Waals surface area contributed by atoms with Gasteiger partial charge in [0.2, 0.25) is 0 Å². The van der Waals surface area contributed by atoms with Crippen LogP contribution in [0.5, 0.6) is 0 Å². The Kier molecular flexibility index (Phi) is 7.18. The van der Waals surface area contributed by atoms with E-state index in [1.807, 2.05) is 11.3 Å². The normalized spacial score (nSPS) is 21.4. The first-order valence-electron chi connectivity index (χ1n) is 8.94. The van der Waals surface area contributed by atoms with E-state index in [1.165, 1.54) is 81.3 Å². The molecule has 2 nitrogen and oxygen atoms in total. The van der Waals surface area contributed by atoms with Crippen LogP contribution in [-0.4, -0.2) is 11.5 Å². The summed E-state index contributed by atoms with van der Waals surface area (Å²) in [6.07, 6.45) is 15.1. The SMILES string of the molecule is CCNC1(c2nc(C)cs2)CCCCCCCCCCC1. The standard InChI is InChI=1S/C18H32N2S/c1-3-19-18(17-20-16(2)15-21-17)13-11-9-7-5-4-6-8-10-12-14-18/h15,19H,3-14H2,1-2H3. The quantitative estimate of drug-likeness (QED) is 0.790. The highest BCUT2D eigenvalue weighted by Crippen LogP contribution is 2.35. The maximum absolute atomic E-state index is 4.85. The van der Waals surface area contributed by atoms with Crippen LogP contribution in [0.2, 0.25) is 0 Å². The molecule has 0 amide bonds. The van der Waals surface area contributed by atoms with Crippen LogP contribution in [0.15, 0.2) is 5.38 Å². The number of thiazole rings is 1. The summed E-state index contributed by atoms with van der Waals surface area (Å²) in [5.74, 6) is 0. The van der Waals surface area contributed by atoms with Gasteiger partial charge in [-0.2, -0.15) is 0 Å². The Morgan fingerprint density at radius 1 is 1.00 bits per heavy atom. The van der Waals surface area contributed by atoms with Crippen LogP contribution in [0.25, 0.3) is 0 Å². The van der Waals surface area contributed by atoms with Gasteiger partial charge in [-0.15, -0.1) is 11.3 Å². The molecule has 0 radical (unpaired) electrons. The first-order chi connectivity index (χ1) is 10.3. The fraction of sp³-hybridized carbons (Fsp3) is 0.833. The predicted molar refractivity (Wildman–Crippen MR) is 93.0 cm³/mol. The number of nitrogens with zero attached hydrogens (tertiary/aromatic N) is 1. The van der Waals surface area contributed by atoms with Gasteiger partial charge in [0.15, 0.2) is 0 Å². The van der Waals surface area contributed by atoms with Gasteiger partial charge in [0.25, 0.3) is 0 Å². The molecule has 1 fully saturated rings. The number of aryl methyl sites for hydroxylation is 1. The van der Waals surface area contributed by atoms with Crippen molar-refractivity contribution in [3.8, 4) is 0 Å². The molecule has 0 spiro atoms. The molecule has 1 aromatic rings. The molecule has 21 heavy (non-hydrogen) atoms. The smallest absolute Gasteiger partial charge is 0.113 e. The van der Waals surface area contributed by atoms with Crippen molar-refractivity contribution in [2.45, 2.75) is 90.0 Å². The Bertz CT molecular complexity index is 388. The monoisotopic (exact) mass is 308 g/mol. The molecule has 1 aliphatic carbocycles. The second-order valence-corrected chi connectivity index (χ2v) is 7.45. The van der Waals surface area contributed by atoms with Gasteiger partial charge in [0.05, 0.1) is 5.54 Å². The Balaban J connectivity index is 2.12.